The summed E-state index contributed by atoms with van der Waals surface area (Å²) in [6, 6.07) is 3.59. The minimum Gasteiger partial charge on any atom is -0.478 e. The molecule has 0 aliphatic rings. The molecule has 0 saturated carbocycles. The summed E-state index contributed by atoms with van der Waals surface area (Å²) in [6.07, 6.45) is 0. The van der Waals surface area contributed by atoms with Gasteiger partial charge in [0.1, 0.15) is 0 Å². The maximum atomic E-state index is 10.8. The van der Waals surface area contributed by atoms with E-state index in [1.54, 1.807) is 11.6 Å². The summed E-state index contributed by atoms with van der Waals surface area (Å²) in [5.41, 5.74) is 3.49. The Kier molecular flexibility index (Phi) is 1.77. The van der Waals surface area contributed by atoms with Crippen molar-refractivity contribution in [3.63, 3.8) is 0 Å². The number of aryl methyl sites for hydroxylation is 1. The molecule has 0 aliphatic heterocycles. The number of fused-ring (bicyclic) bond motifs is 1. The summed E-state index contributed by atoms with van der Waals surface area (Å²) in [5.74, 6) is -0.917. The van der Waals surface area contributed by atoms with Crippen molar-refractivity contribution < 1.29 is 9.90 Å². The Hall–Kier alpha value is -1.42. The SMILES string of the molecule is Cc1cc(C(=O)O)c2ncsc2c1. The van der Waals surface area contributed by atoms with Crippen molar-refractivity contribution in [2.75, 3.05) is 0 Å². The van der Waals surface area contributed by atoms with Crippen LogP contribution in [-0.2, 0) is 0 Å². The summed E-state index contributed by atoms with van der Waals surface area (Å²) in [5, 5.41) is 8.89. The normalized spacial score (nSPS) is 10.5. The highest BCUT2D eigenvalue weighted by Crippen LogP contribution is 2.23. The molecule has 0 fully saturated rings. The van der Waals surface area contributed by atoms with Crippen molar-refractivity contribution in [3.8, 4) is 0 Å². The zero-order valence-electron chi connectivity index (χ0n) is 6.94. The van der Waals surface area contributed by atoms with Crippen LogP contribution in [0, 0.1) is 6.92 Å². The van der Waals surface area contributed by atoms with Crippen LogP contribution < -0.4 is 0 Å². The second kappa shape index (κ2) is 2.81. The van der Waals surface area contributed by atoms with E-state index in [9.17, 15) is 4.79 Å². The van der Waals surface area contributed by atoms with E-state index in [4.69, 9.17) is 5.11 Å². The minimum atomic E-state index is -0.917. The number of aromatic carboxylic acids is 1. The fourth-order valence-electron chi connectivity index (χ4n) is 1.27. The summed E-state index contributed by atoms with van der Waals surface area (Å²) >= 11 is 1.46. The van der Waals surface area contributed by atoms with Gasteiger partial charge >= 0.3 is 5.97 Å². The van der Waals surface area contributed by atoms with E-state index in [1.807, 2.05) is 13.0 Å². The summed E-state index contributed by atoms with van der Waals surface area (Å²) < 4.78 is 0.928. The molecule has 0 unspecified atom stereocenters. The lowest BCUT2D eigenvalue weighted by molar-refractivity contribution is 0.0699. The van der Waals surface area contributed by atoms with Gasteiger partial charge in [-0.2, -0.15) is 0 Å². The lowest BCUT2D eigenvalue weighted by Gasteiger charge is -1.97. The van der Waals surface area contributed by atoms with Crippen LogP contribution in [0.3, 0.4) is 0 Å². The van der Waals surface area contributed by atoms with Crippen LogP contribution in [0.5, 0.6) is 0 Å². The maximum absolute atomic E-state index is 10.8. The van der Waals surface area contributed by atoms with Crippen molar-refractivity contribution >= 4 is 27.5 Å². The smallest absolute Gasteiger partial charge is 0.337 e. The van der Waals surface area contributed by atoms with Gasteiger partial charge in [0.05, 0.1) is 21.3 Å². The predicted octanol–water partition coefficient (Wildman–Crippen LogP) is 2.30. The number of aromatic nitrogens is 1. The molecule has 66 valence electrons. The average Bonchev–Trinajstić information content (AvgIpc) is 2.49. The number of carboxylic acid groups (broad SMARTS) is 1. The van der Waals surface area contributed by atoms with Crippen molar-refractivity contribution in [2.24, 2.45) is 0 Å². The highest BCUT2D eigenvalue weighted by atomic mass is 32.1. The second-order valence-electron chi connectivity index (χ2n) is 2.82. The van der Waals surface area contributed by atoms with Crippen LogP contribution in [0.2, 0.25) is 0 Å². The zero-order chi connectivity index (χ0) is 9.42. The van der Waals surface area contributed by atoms with Crippen LogP contribution in [0.1, 0.15) is 15.9 Å². The van der Waals surface area contributed by atoms with Crippen LogP contribution in [0.4, 0.5) is 0 Å². The van der Waals surface area contributed by atoms with Crippen molar-refractivity contribution in [3.05, 3.63) is 28.8 Å². The molecule has 3 nitrogen and oxygen atoms in total. The molecule has 13 heavy (non-hydrogen) atoms. The van der Waals surface area contributed by atoms with Gasteiger partial charge in [-0.15, -0.1) is 11.3 Å². The van der Waals surface area contributed by atoms with Crippen LogP contribution in [0.15, 0.2) is 17.6 Å². The van der Waals surface area contributed by atoms with Gasteiger partial charge in [0.2, 0.25) is 0 Å². The van der Waals surface area contributed by atoms with E-state index in [1.165, 1.54) is 11.3 Å². The summed E-state index contributed by atoms with van der Waals surface area (Å²) in [7, 11) is 0. The first kappa shape index (κ1) is 8.19. The van der Waals surface area contributed by atoms with Crippen LogP contribution in [0.25, 0.3) is 10.2 Å². The van der Waals surface area contributed by atoms with Crippen molar-refractivity contribution in [1.82, 2.24) is 4.98 Å². The van der Waals surface area contributed by atoms with Gasteiger partial charge in [-0.3, -0.25) is 0 Å². The first-order valence-electron chi connectivity index (χ1n) is 3.75. The molecule has 1 N–H and O–H groups in total. The van der Waals surface area contributed by atoms with Crippen molar-refractivity contribution in [2.45, 2.75) is 6.92 Å². The highest BCUT2D eigenvalue weighted by molar-refractivity contribution is 7.16. The summed E-state index contributed by atoms with van der Waals surface area (Å²) in [4.78, 5) is 14.8. The van der Waals surface area contributed by atoms with E-state index in [0.29, 0.717) is 5.52 Å². The van der Waals surface area contributed by atoms with Crippen molar-refractivity contribution in [1.29, 1.82) is 0 Å². The third kappa shape index (κ3) is 1.29. The Bertz CT molecular complexity index is 475. The molecule has 1 aromatic carbocycles. The molecule has 0 amide bonds. The standard InChI is InChI=1S/C9H7NO2S/c1-5-2-6(9(11)12)8-7(3-5)13-4-10-8/h2-4H,1H3,(H,11,12). The lowest BCUT2D eigenvalue weighted by Crippen LogP contribution is -1.97. The zero-order valence-corrected chi connectivity index (χ0v) is 7.76. The molecule has 0 atom stereocenters. The third-order valence-electron chi connectivity index (χ3n) is 1.81. The molecule has 2 rings (SSSR count). The molecular weight excluding hydrogens is 186 g/mol. The summed E-state index contributed by atoms with van der Waals surface area (Å²) in [6.45, 7) is 1.88. The number of hydrogen-bond acceptors (Lipinski definition) is 3. The van der Waals surface area contributed by atoms with E-state index < -0.39 is 5.97 Å². The number of nitrogens with zero attached hydrogens (tertiary/aromatic N) is 1. The third-order valence-corrected chi connectivity index (χ3v) is 2.59. The Morgan fingerprint density at radius 1 is 1.54 bits per heavy atom. The molecule has 1 aromatic heterocycles. The Morgan fingerprint density at radius 3 is 3.00 bits per heavy atom. The Balaban J connectivity index is 2.84. The van der Waals surface area contributed by atoms with Gasteiger partial charge in [0.15, 0.2) is 0 Å². The lowest BCUT2D eigenvalue weighted by atomic mass is 10.1. The van der Waals surface area contributed by atoms with Gasteiger partial charge in [-0.25, -0.2) is 9.78 Å². The predicted molar refractivity (Wildman–Crippen MR) is 51.3 cm³/mol. The monoisotopic (exact) mass is 193 g/mol. The Labute approximate surface area is 78.7 Å². The molecule has 0 spiro atoms. The van der Waals surface area contributed by atoms with Crippen LogP contribution >= 0.6 is 11.3 Å². The van der Waals surface area contributed by atoms with E-state index >= 15 is 0 Å². The fourth-order valence-corrected chi connectivity index (χ4v) is 2.07. The Morgan fingerprint density at radius 2 is 2.31 bits per heavy atom. The van der Waals surface area contributed by atoms with Gasteiger partial charge in [0, 0.05) is 0 Å². The van der Waals surface area contributed by atoms with Gasteiger partial charge < -0.3 is 5.11 Å². The van der Waals surface area contributed by atoms with E-state index in [2.05, 4.69) is 4.98 Å². The molecule has 2 aromatic rings. The largest absolute Gasteiger partial charge is 0.478 e. The van der Waals surface area contributed by atoms with Gasteiger partial charge in [-0.05, 0) is 24.6 Å². The molecule has 4 heteroatoms. The highest BCUT2D eigenvalue weighted by Gasteiger charge is 2.10. The number of benzene rings is 1. The molecule has 0 saturated heterocycles. The first-order chi connectivity index (χ1) is 6.18. The minimum absolute atomic E-state index is 0.288. The molecule has 0 bridgehead atoms. The second-order valence-corrected chi connectivity index (χ2v) is 3.70. The quantitative estimate of drug-likeness (QED) is 0.756. The average molecular weight is 193 g/mol. The maximum Gasteiger partial charge on any atom is 0.337 e. The number of hydrogen-bond donors (Lipinski definition) is 1. The fraction of sp³-hybridized carbons (Fsp3) is 0.111. The number of carboxylic acids is 1. The van der Waals surface area contributed by atoms with Crippen LogP contribution in [-0.4, -0.2) is 16.1 Å². The van der Waals surface area contributed by atoms with Gasteiger partial charge in [-0.1, -0.05) is 0 Å². The van der Waals surface area contributed by atoms with E-state index in [-0.39, 0.29) is 5.56 Å². The topological polar surface area (TPSA) is 50.2 Å². The number of thiazole rings is 1. The molecule has 0 radical (unpaired) electrons. The molecular formula is C9H7NO2S. The molecule has 1 heterocycles. The number of carbonyl (C=O) groups is 1. The number of rotatable bonds is 1. The van der Waals surface area contributed by atoms with Gasteiger partial charge in [0.25, 0.3) is 0 Å². The molecule has 0 aliphatic carbocycles. The van der Waals surface area contributed by atoms with E-state index in [0.717, 1.165) is 10.3 Å². The first-order valence-corrected chi connectivity index (χ1v) is 4.63.